The third kappa shape index (κ3) is 1.66. The first kappa shape index (κ1) is 10.9. The Morgan fingerprint density at radius 2 is 1.81 bits per heavy atom. The summed E-state index contributed by atoms with van der Waals surface area (Å²) in [7, 11) is 0. The summed E-state index contributed by atoms with van der Waals surface area (Å²) in [6.07, 6.45) is 3.44. The molecule has 2 aliphatic heterocycles. The molecule has 2 nitrogen and oxygen atoms in total. The van der Waals surface area contributed by atoms with Crippen molar-refractivity contribution >= 4 is 0 Å². The zero-order valence-corrected chi connectivity index (χ0v) is 9.42. The Hall–Kier alpha value is -0.220. The highest BCUT2D eigenvalue weighted by atomic mass is 19.3. The zero-order chi connectivity index (χ0) is 11.2. The van der Waals surface area contributed by atoms with E-state index in [1.807, 2.05) is 0 Å². The van der Waals surface area contributed by atoms with Crippen LogP contribution >= 0.6 is 0 Å². The maximum Gasteiger partial charge on any atom is 0.257 e. The van der Waals surface area contributed by atoms with Gasteiger partial charge in [-0.25, -0.2) is 8.78 Å². The van der Waals surface area contributed by atoms with Crippen LogP contribution in [0, 0.1) is 17.8 Å². The Balaban J connectivity index is 1.66. The van der Waals surface area contributed by atoms with Gasteiger partial charge in [0.2, 0.25) is 0 Å². The molecule has 3 rings (SSSR count). The van der Waals surface area contributed by atoms with E-state index in [1.165, 1.54) is 0 Å². The SMILES string of the molecule is FC1(F)C(C2CCNCC2)C1C1CCCO1. The van der Waals surface area contributed by atoms with Crippen LogP contribution in [0.3, 0.4) is 0 Å². The number of halogens is 2. The van der Waals surface area contributed by atoms with E-state index >= 15 is 0 Å². The summed E-state index contributed by atoms with van der Waals surface area (Å²) in [6.45, 7) is 2.47. The van der Waals surface area contributed by atoms with Crippen LogP contribution in [0.5, 0.6) is 0 Å². The number of rotatable bonds is 2. The largest absolute Gasteiger partial charge is 0.378 e. The van der Waals surface area contributed by atoms with Gasteiger partial charge in [0, 0.05) is 12.5 Å². The molecule has 1 aliphatic carbocycles. The maximum atomic E-state index is 13.8. The minimum Gasteiger partial charge on any atom is -0.378 e. The molecule has 3 aliphatic rings. The van der Waals surface area contributed by atoms with E-state index in [1.54, 1.807) is 0 Å². The fraction of sp³-hybridized carbons (Fsp3) is 1.00. The van der Waals surface area contributed by atoms with E-state index in [0.717, 1.165) is 38.8 Å². The van der Waals surface area contributed by atoms with Gasteiger partial charge in [0.05, 0.1) is 12.0 Å². The molecule has 1 saturated carbocycles. The lowest BCUT2D eigenvalue weighted by atomic mass is 9.90. The van der Waals surface area contributed by atoms with E-state index in [4.69, 9.17) is 4.74 Å². The number of hydrogen-bond acceptors (Lipinski definition) is 2. The molecular formula is C12H19F2NO. The van der Waals surface area contributed by atoms with Crippen LogP contribution in [0.15, 0.2) is 0 Å². The monoisotopic (exact) mass is 231 g/mol. The summed E-state index contributed by atoms with van der Waals surface area (Å²) in [5, 5.41) is 3.23. The van der Waals surface area contributed by atoms with E-state index in [2.05, 4.69) is 5.32 Å². The van der Waals surface area contributed by atoms with Crippen molar-refractivity contribution in [1.29, 1.82) is 0 Å². The molecule has 0 aromatic carbocycles. The van der Waals surface area contributed by atoms with Crippen LogP contribution in [0.25, 0.3) is 0 Å². The summed E-state index contributed by atoms with van der Waals surface area (Å²) in [5.41, 5.74) is 0. The van der Waals surface area contributed by atoms with Gasteiger partial charge in [-0.15, -0.1) is 0 Å². The Labute approximate surface area is 94.7 Å². The molecule has 0 bridgehead atoms. The van der Waals surface area contributed by atoms with Crippen LogP contribution in [0.4, 0.5) is 8.78 Å². The van der Waals surface area contributed by atoms with Gasteiger partial charge in [0.1, 0.15) is 0 Å². The van der Waals surface area contributed by atoms with Crippen molar-refractivity contribution in [1.82, 2.24) is 5.32 Å². The van der Waals surface area contributed by atoms with Crippen molar-refractivity contribution in [3.8, 4) is 0 Å². The van der Waals surface area contributed by atoms with Gasteiger partial charge in [0.25, 0.3) is 5.92 Å². The fourth-order valence-electron chi connectivity index (χ4n) is 3.55. The molecule has 0 spiro atoms. The Bertz CT molecular complexity index is 260. The second-order valence-electron chi connectivity index (χ2n) is 5.36. The van der Waals surface area contributed by atoms with Crippen molar-refractivity contribution in [2.24, 2.45) is 17.8 Å². The molecule has 0 aromatic heterocycles. The summed E-state index contributed by atoms with van der Waals surface area (Å²) < 4.78 is 33.0. The number of ether oxygens (including phenoxy) is 1. The van der Waals surface area contributed by atoms with E-state index in [9.17, 15) is 8.78 Å². The third-order valence-electron chi connectivity index (χ3n) is 4.42. The maximum absolute atomic E-state index is 13.8. The highest BCUT2D eigenvalue weighted by Crippen LogP contribution is 2.63. The molecule has 2 saturated heterocycles. The number of hydrogen-bond donors (Lipinski definition) is 1. The molecule has 0 amide bonds. The van der Waals surface area contributed by atoms with Gasteiger partial charge < -0.3 is 10.1 Å². The molecule has 3 unspecified atom stereocenters. The molecule has 3 fully saturated rings. The van der Waals surface area contributed by atoms with E-state index < -0.39 is 17.8 Å². The minimum atomic E-state index is -2.45. The van der Waals surface area contributed by atoms with E-state index in [-0.39, 0.29) is 12.0 Å². The molecule has 0 radical (unpaired) electrons. The fourth-order valence-corrected chi connectivity index (χ4v) is 3.55. The van der Waals surface area contributed by atoms with Gasteiger partial charge >= 0.3 is 0 Å². The third-order valence-corrected chi connectivity index (χ3v) is 4.42. The first-order valence-corrected chi connectivity index (χ1v) is 6.41. The smallest absolute Gasteiger partial charge is 0.257 e. The second-order valence-corrected chi connectivity index (χ2v) is 5.36. The van der Waals surface area contributed by atoms with Crippen LogP contribution in [0.1, 0.15) is 25.7 Å². The quantitative estimate of drug-likeness (QED) is 0.785. The standard InChI is InChI=1S/C12H19F2NO/c13-12(14)10(8-3-5-15-6-4-8)11(12)9-2-1-7-16-9/h8-11,15H,1-7H2. The topological polar surface area (TPSA) is 21.3 Å². The van der Waals surface area contributed by atoms with Crippen molar-refractivity contribution < 1.29 is 13.5 Å². The first-order chi connectivity index (χ1) is 7.71. The molecule has 2 heterocycles. The molecule has 4 heteroatoms. The average molecular weight is 231 g/mol. The van der Waals surface area contributed by atoms with Crippen LogP contribution < -0.4 is 5.32 Å². The summed E-state index contributed by atoms with van der Waals surface area (Å²) in [4.78, 5) is 0. The van der Waals surface area contributed by atoms with Gasteiger partial charge in [-0.2, -0.15) is 0 Å². The van der Waals surface area contributed by atoms with Crippen molar-refractivity contribution in [3.05, 3.63) is 0 Å². The number of nitrogens with one attached hydrogen (secondary N) is 1. The lowest BCUT2D eigenvalue weighted by Gasteiger charge is -2.22. The highest BCUT2D eigenvalue weighted by Gasteiger charge is 2.72. The predicted octanol–water partition coefficient (Wildman–Crippen LogP) is 2.05. The highest BCUT2D eigenvalue weighted by molar-refractivity contribution is 5.12. The summed E-state index contributed by atoms with van der Waals surface area (Å²) >= 11 is 0. The molecule has 1 N–H and O–H groups in total. The normalized spacial score (nSPS) is 43.5. The van der Waals surface area contributed by atoms with Crippen molar-refractivity contribution in [3.63, 3.8) is 0 Å². The second kappa shape index (κ2) is 3.91. The van der Waals surface area contributed by atoms with Crippen molar-refractivity contribution in [2.75, 3.05) is 19.7 Å². The lowest BCUT2D eigenvalue weighted by molar-refractivity contribution is 0.0277. The summed E-state index contributed by atoms with van der Waals surface area (Å²) in [5.74, 6) is -3.10. The summed E-state index contributed by atoms with van der Waals surface area (Å²) in [6, 6.07) is 0. The van der Waals surface area contributed by atoms with Crippen molar-refractivity contribution in [2.45, 2.75) is 37.7 Å². The van der Waals surface area contributed by atoms with Crippen LogP contribution in [0.2, 0.25) is 0 Å². The van der Waals surface area contributed by atoms with Crippen LogP contribution in [-0.2, 0) is 4.74 Å². The first-order valence-electron chi connectivity index (χ1n) is 6.41. The minimum absolute atomic E-state index is 0.158. The molecular weight excluding hydrogens is 212 g/mol. The van der Waals surface area contributed by atoms with Gasteiger partial charge in [-0.1, -0.05) is 0 Å². The molecule has 0 aromatic rings. The zero-order valence-electron chi connectivity index (χ0n) is 9.42. The molecule has 16 heavy (non-hydrogen) atoms. The van der Waals surface area contributed by atoms with E-state index in [0.29, 0.717) is 6.61 Å². The average Bonchev–Trinajstić information content (AvgIpc) is 2.70. The van der Waals surface area contributed by atoms with Crippen LogP contribution in [-0.4, -0.2) is 31.7 Å². The van der Waals surface area contributed by atoms with Gasteiger partial charge in [-0.3, -0.25) is 0 Å². The Morgan fingerprint density at radius 3 is 2.44 bits per heavy atom. The van der Waals surface area contributed by atoms with Gasteiger partial charge in [-0.05, 0) is 44.7 Å². The molecule has 92 valence electrons. The molecule has 3 atom stereocenters. The lowest BCUT2D eigenvalue weighted by Crippen LogP contribution is -2.30. The number of alkyl halides is 2. The number of piperidine rings is 1. The van der Waals surface area contributed by atoms with Gasteiger partial charge in [0.15, 0.2) is 0 Å². The predicted molar refractivity (Wildman–Crippen MR) is 56.5 cm³/mol. The Kier molecular flexibility index (Phi) is 2.67. The Morgan fingerprint density at radius 1 is 1.06 bits per heavy atom.